The molecule has 20 heavy (non-hydrogen) atoms. The lowest BCUT2D eigenvalue weighted by Gasteiger charge is -2.12. The molecule has 0 spiro atoms. The van der Waals surface area contributed by atoms with Gasteiger partial charge in [0.25, 0.3) is 5.56 Å². The Labute approximate surface area is 125 Å². The van der Waals surface area contributed by atoms with Gasteiger partial charge >= 0.3 is 5.69 Å². The summed E-state index contributed by atoms with van der Waals surface area (Å²) in [7, 11) is 3.13. The maximum atomic E-state index is 11.8. The van der Waals surface area contributed by atoms with Gasteiger partial charge < -0.3 is 5.32 Å². The van der Waals surface area contributed by atoms with Crippen LogP contribution in [0.3, 0.4) is 0 Å². The van der Waals surface area contributed by atoms with Gasteiger partial charge in [0.05, 0.1) is 6.54 Å². The second-order valence-electron chi connectivity index (χ2n) is 4.71. The Bertz CT molecular complexity index is 762. The number of anilines is 1. The Balaban J connectivity index is 2.30. The highest BCUT2D eigenvalue weighted by atomic mass is 79.9. The van der Waals surface area contributed by atoms with E-state index in [1.165, 1.54) is 17.7 Å². The molecule has 1 N–H and O–H groups in total. The monoisotopic (exact) mass is 337 g/mol. The molecule has 6 heteroatoms. The third kappa shape index (κ3) is 2.85. The quantitative estimate of drug-likeness (QED) is 0.928. The van der Waals surface area contributed by atoms with Crippen molar-refractivity contribution in [1.29, 1.82) is 0 Å². The third-order valence-electron chi connectivity index (χ3n) is 3.21. The molecule has 0 unspecified atom stereocenters. The van der Waals surface area contributed by atoms with Crippen molar-refractivity contribution in [2.75, 3.05) is 5.32 Å². The van der Waals surface area contributed by atoms with Crippen molar-refractivity contribution in [3.05, 3.63) is 60.8 Å². The predicted molar refractivity (Wildman–Crippen MR) is 83.1 cm³/mol. The molecule has 2 aromatic rings. The van der Waals surface area contributed by atoms with Crippen LogP contribution in [-0.2, 0) is 20.6 Å². The van der Waals surface area contributed by atoms with Crippen LogP contribution in [-0.4, -0.2) is 9.13 Å². The first kappa shape index (κ1) is 14.6. The number of nitrogens with one attached hydrogen (secondary N) is 1. The van der Waals surface area contributed by atoms with Gasteiger partial charge in [-0.15, -0.1) is 0 Å². The lowest BCUT2D eigenvalue weighted by atomic mass is 10.2. The Kier molecular flexibility index (Phi) is 4.13. The van der Waals surface area contributed by atoms with E-state index in [0.29, 0.717) is 12.2 Å². The molecule has 0 saturated carbocycles. The van der Waals surface area contributed by atoms with Crippen molar-refractivity contribution in [2.45, 2.75) is 13.5 Å². The van der Waals surface area contributed by atoms with Gasteiger partial charge in [-0.25, -0.2) is 4.79 Å². The number of benzene rings is 1. The van der Waals surface area contributed by atoms with E-state index in [-0.39, 0.29) is 11.2 Å². The Morgan fingerprint density at radius 2 is 1.85 bits per heavy atom. The van der Waals surface area contributed by atoms with Gasteiger partial charge in [-0.3, -0.25) is 13.9 Å². The summed E-state index contributed by atoms with van der Waals surface area (Å²) in [5, 5.41) is 3.23. The summed E-state index contributed by atoms with van der Waals surface area (Å²) in [6, 6.07) is 7.44. The molecule has 1 aromatic heterocycles. The van der Waals surface area contributed by atoms with Crippen LogP contribution in [0.1, 0.15) is 11.3 Å². The topological polar surface area (TPSA) is 56.0 Å². The van der Waals surface area contributed by atoms with Crippen molar-refractivity contribution in [3.8, 4) is 0 Å². The fourth-order valence-electron chi connectivity index (χ4n) is 1.91. The first-order valence-electron chi connectivity index (χ1n) is 6.16. The van der Waals surface area contributed by atoms with Crippen LogP contribution in [0.5, 0.6) is 0 Å². The number of hydrogen-bond acceptors (Lipinski definition) is 3. The zero-order valence-electron chi connectivity index (χ0n) is 11.6. The van der Waals surface area contributed by atoms with E-state index in [4.69, 9.17) is 0 Å². The fourth-order valence-corrected chi connectivity index (χ4v) is 2.30. The summed E-state index contributed by atoms with van der Waals surface area (Å²) in [6.45, 7) is 2.41. The molecule has 0 atom stereocenters. The minimum absolute atomic E-state index is 0.298. The van der Waals surface area contributed by atoms with Crippen LogP contribution < -0.4 is 16.6 Å². The normalized spacial score (nSPS) is 10.6. The van der Waals surface area contributed by atoms with Crippen molar-refractivity contribution >= 4 is 21.6 Å². The number of rotatable bonds is 3. The van der Waals surface area contributed by atoms with Crippen molar-refractivity contribution in [1.82, 2.24) is 9.13 Å². The molecule has 0 amide bonds. The Morgan fingerprint density at radius 3 is 2.55 bits per heavy atom. The SMILES string of the molecule is Cc1ccc(Br)c(NCc2cc(=O)n(C)c(=O)n2C)c1. The molecule has 0 bridgehead atoms. The Hall–Kier alpha value is -1.82. The van der Waals surface area contributed by atoms with Crippen LogP contribution in [0.2, 0.25) is 0 Å². The lowest BCUT2D eigenvalue weighted by molar-refractivity contribution is 0.655. The molecule has 0 saturated heterocycles. The highest BCUT2D eigenvalue weighted by molar-refractivity contribution is 9.10. The maximum Gasteiger partial charge on any atom is 0.330 e. The second kappa shape index (κ2) is 5.66. The molecule has 0 fully saturated rings. The van der Waals surface area contributed by atoms with E-state index in [1.807, 2.05) is 25.1 Å². The summed E-state index contributed by atoms with van der Waals surface area (Å²) in [4.78, 5) is 23.5. The van der Waals surface area contributed by atoms with E-state index in [0.717, 1.165) is 20.3 Å². The van der Waals surface area contributed by atoms with Crippen molar-refractivity contribution < 1.29 is 0 Å². The van der Waals surface area contributed by atoms with E-state index < -0.39 is 0 Å². The number of hydrogen-bond donors (Lipinski definition) is 1. The maximum absolute atomic E-state index is 11.8. The molecule has 0 aliphatic rings. The molecule has 0 radical (unpaired) electrons. The standard InChI is InChI=1S/C14H16BrN3O2/c1-9-4-5-11(15)12(6-9)16-8-10-7-13(19)18(3)14(20)17(10)2/h4-7,16H,8H2,1-3H3. The van der Waals surface area contributed by atoms with Crippen molar-refractivity contribution in [2.24, 2.45) is 14.1 Å². The van der Waals surface area contributed by atoms with Gasteiger partial charge in [0.2, 0.25) is 0 Å². The predicted octanol–water partition coefficient (Wildman–Crippen LogP) is 1.77. The highest BCUT2D eigenvalue weighted by Crippen LogP contribution is 2.23. The summed E-state index contributed by atoms with van der Waals surface area (Å²) >= 11 is 3.47. The van der Waals surface area contributed by atoms with Crippen LogP contribution >= 0.6 is 15.9 Å². The largest absolute Gasteiger partial charge is 0.379 e. The van der Waals surface area contributed by atoms with E-state index in [1.54, 1.807) is 7.05 Å². The first-order chi connectivity index (χ1) is 9.40. The van der Waals surface area contributed by atoms with Gasteiger partial charge in [-0.2, -0.15) is 0 Å². The molecule has 5 nitrogen and oxygen atoms in total. The average molecular weight is 338 g/mol. The van der Waals surface area contributed by atoms with Crippen LogP contribution in [0.15, 0.2) is 38.3 Å². The minimum atomic E-state index is -0.322. The fraction of sp³-hybridized carbons (Fsp3) is 0.286. The molecule has 2 rings (SSSR count). The van der Waals surface area contributed by atoms with E-state index >= 15 is 0 Å². The second-order valence-corrected chi connectivity index (χ2v) is 5.57. The third-order valence-corrected chi connectivity index (χ3v) is 3.90. The van der Waals surface area contributed by atoms with E-state index in [9.17, 15) is 9.59 Å². The number of aromatic nitrogens is 2. The summed E-state index contributed by atoms with van der Waals surface area (Å²) < 4.78 is 3.50. The number of halogens is 1. The smallest absolute Gasteiger partial charge is 0.330 e. The Morgan fingerprint density at radius 1 is 1.15 bits per heavy atom. The lowest BCUT2D eigenvalue weighted by Crippen LogP contribution is -2.38. The summed E-state index contributed by atoms with van der Waals surface area (Å²) in [5.74, 6) is 0. The number of aryl methyl sites for hydroxylation is 1. The molecule has 1 aromatic carbocycles. The van der Waals surface area contributed by atoms with E-state index in [2.05, 4.69) is 21.2 Å². The van der Waals surface area contributed by atoms with Gasteiger partial charge in [0, 0.05) is 36.0 Å². The molecule has 0 aliphatic carbocycles. The molecular weight excluding hydrogens is 322 g/mol. The van der Waals surface area contributed by atoms with Crippen molar-refractivity contribution in [3.63, 3.8) is 0 Å². The van der Waals surface area contributed by atoms with Crippen LogP contribution in [0.4, 0.5) is 5.69 Å². The van der Waals surface area contributed by atoms with Gasteiger partial charge in [-0.1, -0.05) is 6.07 Å². The molecule has 0 aliphatic heterocycles. The average Bonchev–Trinajstić information content (AvgIpc) is 2.42. The number of nitrogens with zero attached hydrogens (tertiary/aromatic N) is 2. The molecular formula is C14H16BrN3O2. The molecule has 1 heterocycles. The van der Waals surface area contributed by atoms with Gasteiger partial charge in [0.15, 0.2) is 0 Å². The highest BCUT2D eigenvalue weighted by Gasteiger charge is 2.06. The zero-order chi connectivity index (χ0) is 14.9. The first-order valence-corrected chi connectivity index (χ1v) is 6.95. The summed E-state index contributed by atoms with van der Waals surface area (Å²) in [6.07, 6.45) is 0. The van der Waals surface area contributed by atoms with Gasteiger partial charge in [0.1, 0.15) is 0 Å². The van der Waals surface area contributed by atoms with Crippen LogP contribution in [0.25, 0.3) is 0 Å². The summed E-state index contributed by atoms with van der Waals surface area (Å²) in [5.41, 5.74) is 2.09. The minimum Gasteiger partial charge on any atom is -0.379 e. The van der Waals surface area contributed by atoms with Crippen LogP contribution in [0, 0.1) is 6.92 Å². The van der Waals surface area contributed by atoms with Gasteiger partial charge in [-0.05, 0) is 40.5 Å². The molecule has 106 valence electrons. The zero-order valence-corrected chi connectivity index (χ0v) is 13.2.